The molecule has 100 valence electrons. The van der Waals surface area contributed by atoms with Gasteiger partial charge in [0.1, 0.15) is 5.69 Å². The van der Waals surface area contributed by atoms with Crippen LogP contribution in [0.25, 0.3) is 0 Å². The van der Waals surface area contributed by atoms with Crippen molar-refractivity contribution >= 4 is 5.78 Å². The van der Waals surface area contributed by atoms with Gasteiger partial charge in [0.25, 0.3) is 0 Å². The molecule has 0 aliphatic carbocycles. The van der Waals surface area contributed by atoms with Gasteiger partial charge in [-0.3, -0.25) is 9.48 Å². The highest BCUT2D eigenvalue weighted by Gasteiger charge is 2.42. The fourth-order valence-electron chi connectivity index (χ4n) is 2.68. The van der Waals surface area contributed by atoms with Crippen molar-refractivity contribution in [3.05, 3.63) is 11.9 Å². The van der Waals surface area contributed by atoms with E-state index in [-0.39, 0.29) is 5.78 Å². The molecule has 5 nitrogen and oxygen atoms in total. The van der Waals surface area contributed by atoms with Crippen molar-refractivity contribution in [2.24, 2.45) is 0 Å². The Balaban J connectivity index is 2.41. The lowest BCUT2D eigenvalue weighted by atomic mass is 9.87. The van der Waals surface area contributed by atoms with Crippen LogP contribution in [0.5, 0.6) is 5.75 Å². The minimum Gasteiger partial charge on any atom is -0.493 e. The summed E-state index contributed by atoms with van der Waals surface area (Å²) in [5.41, 5.74) is 0.163. The summed E-state index contributed by atoms with van der Waals surface area (Å²) in [5, 5.41) is 7.57. The number of aromatic nitrogens is 2. The summed E-state index contributed by atoms with van der Waals surface area (Å²) in [6.45, 7) is 5.60. The first-order valence-corrected chi connectivity index (χ1v) is 6.58. The smallest absolute Gasteiger partial charge is 0.204 e. The molecule has 0 spiro atoms. The quantitative estimate of drug-likeness (QED) is 0.808. The Morgan fingerprint density at radius 1 is 1.61 bits per heavy atom. The van der Waals surface area contributed by atoms with E-state index < -0.39 is 5.54 Å². The van der Waals surface area contributed by atoms with Crippen molar-refractivity contribution in [1.29, 1.82) is 0 Å². The third kappa shape index (κ3) is 1.92. The van der Waals surface area contributed by atoms with Crippen molar-refractivity contribution in [3.63, 3.8) is 0 Å². The van der Waals surface area contributed by atoms with Crippen LogP contribution in [-0.4, -0.2) is 34.8 Å². The molecule has 0 radical (unpaired) electrons. The average molecular weight is 251 g/mol. The molecular formula is C13H21N3O2. The van der Waals surface area contributed by atoms with E-state index in [1.54, 1.807) is 18.0 Å². The number of carbonyl (C=O) groups excluding carboxylic acids is 1. The normalized spacial score (nSPS) is 23.3. The first-order chi connectivity index (χ1) is 8.68. The zero-order valence-electron chi connectivity index (χ0n) is 11.3. The summed E-state index contributed by atoms with van der Waals surface area (Å²) in [6, 6.07) is 0. The van der Waals surface area contributed by atoms with Crippen LogP contribution in [0.15, 0.2) is 6.20 Å². The van der Waals surface area contributed by atoms with Gasteiger partial charge in [-0.2, -0.15) is 5.10 Å². The summed E-state index contributed by atoms with van der Waals surface area (Å²) in [5.74, 6) is 0.682. The summed E-state index contributed by atoms with van der Waals surface area (Å²) >= 11 is 0. The van der Waals surface area contributed by atoms with E-state index in [1.807, 2.05) is 6.92 Å². The standard InChI is InChI=1S/C13H21N3O2/c1-4-13(7-6-8-14-13)12(17)11-10(18-3)9-15-16(11)5-2/h9,14H,4-8H2,1-3H3. The summed E-state index contributed by atoms with van der Waals surface area (Å²) < 4.78 is 6.99. The molecule has 2 rings (SSSR count). The molecule has 1 aromatic rings. The Hall–Kier alpha value is -1.36. The highest BCUT2D eigenvalue weighted by Crippen LogP contribution is 2.30. The van der Waals surface area contributed by atoms with E-state index in [0.29, 0.717) is 18.0 Å². The second kappa shape index (κ2) is 5.10. The van der Waals surface area contributed by atoms with Gasteiger partial charge < -0.3 is 10.1 Å². The molecule has 1 saturated heterocycles. The van der Waals surface area contributed by atoms with Crippen molar-refractivity contribution < 1.29 is 9.53 Å². The SMILES string of the molecule is CCn1ncc(OC)c1C(=O)C1(CC)CCCN1. The van der Waals surface area contributed by atoms with E-state index in [9.17, 15) is 4.79 Å². The van der Waals surface area contributed by atoms with Crippen LogP contribution in [0.3, 0.4) is 0 Å². The minimum atomic E-state index is -0.430. The van der Waals surface area contributed by atoms with E-state index in [4.69, 9.17) is 4.74 Å². The third-order valence-corrected chi connectivity index (χ3v) is 3.82. The van der Waals surface area contributed by atoms with Gasteiger partial charge in [-0.1, -0.05) is 6.92 Å². The zero-order chi connectivity index (χ0) is 13.2. The number of hydrogen-bond donors (Lipinski definition) is 1. The van der Waals surface area contributed by atoms with Crippen molar-refractivity contribution in [2.75, 3.05) is 13.7 Å². The fraction of sp³-hybridized carbons (Fsp3) is 0.692. The van der Waals surface area contributed by atoms with Crippen LogP contribution in [0.4, 0.5) is 0 Å². The molecule has 18 heavy (non-hydrogen) atoms. The van der Waals surface area contributed by atoms with Crippen LogP contribution < -0.4 is 10.1 Å². The molecule has 1 fully saturated rings. The highest BCUT2D eigenvalue weighted by atomic mass is 16.5. The number of ether oxygens (including phenoxy) is 1. The average Bonchev–Trinajstić information content (AvgIpc) is 3.04. The zero-order valence-corrected chi connectivity index (χ0v) is 11.3. The number of ketones is 1. The third-order valence-electron chi connectivity index (χ3n) is 3.82. The maximum atomic E-state index is 12.8. The number of nitrogens with one attached hydrogen (secondary N) is 1. The Bertz CT molecular complexity index is 412. The molecular weight excluding hydrogens is 230 g/mol. The number of methoxy groups -OCH3 is 1. The first kappa shape index (κ1) is 13.1. The van der Waals surface area contributed by atoms with E-state index >= 15 is 0 Å². The maximum absolute atomic E-state index is 12.8. The minimum absolute atomic E-state index is 0.110. The lowest BCUT2D eigenvalue weighted by Crippen LogP contribution is -2.47. The molecule has 1 atom stereocenters. The number of nitrogens with zero attached hydrogens (tertiary/aromatic N) is 2. The van der Waals surface area contributed by atoms with Crippen molar-refractivity contribution in [2.45, 2.75) is 45.2 Å². The van der Waals surface area contributed by atoms with Gasteiger partial charge in [-0.25, -0.2) is 0 Å². The number of rotatable bonds is 5. The summed E-state index contributed by atoms with van der Waals surface area (Å²) in [6.07, 6.45) is 4.35. The lowest BCUT2D eigenvalue weighted by molar-refractivity contribution is 0.0849. The predicted molar refractivity (Wildman–Crippen MR) is 69.0 cm³/mol. The number of Topliss-reactive ketones (excluding diaryl/α,β-unsaturated/α-hetero) is 1. The molecule has 1 aliphatic rings. The van der Waals surface area contributed by atoms with E-state index in [0.717, 1.165) is 25.8 Å². The molecule has 5 heteroatoms. The van der Waals surface area contributed by atoms with Gasteiger partial charge in [0.05, 0.1) is 18.8 Å². The van der Waals surface area contributed by atoms with Crippen LogP contribution >= 0.6 is 0 Å². The van der Waals surface area contributed by atoms with Gasteiger partial charge in [0.2, 0.25) is 5.78 Å². The van der Waals surface area contributed by atoms with Crippen LogP contribution in [0.2, 0.25) is 0 Å². The van der Waals surface area contributed by atoms with Gasteiger partial charge in [-0.15, -0.1) is 0 Å². The fourth-order valence-corrected chi connectivity index (χ4v) is 2.68. The number of carbonyl (C=O) groups is 1. The molecule has 0 amide bonds. The summed E-state index contributed by atoms with van der Waals surface area (Å²) in [4.78, 5) is 12.8. The van der Waals surface area contributed by atoms with Gasteiger partial charge in [0, 0.05) is 6.54 Å². The highest BCUT2D eigenvalue weighted by molar-refractivity contribution is 6.04. The summed E-state index contributed by atoms with van der Waals surface area (Å²) in [7, 11) is 1.58. The molecule has 2 heterocycles. The molecule has 0 saturated carbocycles. The first-order valence-electron chi connectivity index (χ1n) is 6.58. The second-order valence-electron chi connectivity index (χ2n) is 4.67. The molecule has 1 unspecified atom stereocenters. The van der Waals surface area contributed by atoms with Gasteiger partial charge >= 0.3 is 0 Å². The molecule has 0 aromatic carbocycles. The molecule has 1 aliphatic heterocycles. The lowest BCUT2D eigenvalue weighted by Gasteiger charge is -2.26. The number of aryl methyl sites for hydroxylation is 1. The Kier molecular flexibility index (Phi) is 3.71. The molecule has 0 bridgehead atoms. The Labute approximate surface area is 108 Å². The molecule has 1 N–H and O–H groups in total. The Morgan fingerprint density at radius 2 is 2.39 bits per heavy atom. The monoisotopic (exact) mass is 251 g/mol. The maximum Gasteiger partial charge on any atom is 0.204 e. The molecule has 1 aromatic heterocycles. The van der Waals surface area contributed by atoms with Crippen molar-refractivity contribution in [3.8, 4) is 5.75 Å². The van der Waals surface area contributed by atoms with E-state index in [1.165, 1.54) is 0 Å². The topological polar surface area (TPSA) is 56.2 Å². The van der Waals surface area contributed by atoms with Crippen molar-refractivity contribution in [1.82, 2.24) is 15.1 Å². The van der Waals surface area contributed by atoms with Crippen LogP contribution in [0.1, 0.15) is 43.6 Å². The van der Waals surface area contributed by atoms with Crippen LogP contribution in [-0.2, 0) is 6.54 Å². The Morgan fingerprint density at radius 3 is 2.89 bits per heavy atom. The van der Waals surface area contributed by atoms with E-state index in [2.05, 4.69) is 17.3 Å². The van der Waals surface area contributed by atoms with Crippen LogP contribution in [0, 0.1) is 0 Å². The van der Waals surface area contributed by atoms with Gasteiger partial charge in [-0.05, 0) is 32.7 Å². The predicted octanol–water partition coefficient (Wildman–Crippen LogP) is 1.63. The number of hydrogen-bond acceptors (Lipinski definition) is 4. The largest absolute Gasteiger partial charge is 0.493 e. The van der Waals surface area contributed by atoms with Gasteiger partial charge in [0.15, 0.2) is 5.75 Å². The second-order valence-corrected chi connectivity index (χ2v) is 4.67.